The summed E-state index contributed by atoms with van der Waals surface area (Å²) >= 11 is 0. The first kappa shape index (κ1) is 15.7. The number of pyridine rings is 1. The molecule has 6 nitrogen and oxygen atoms in total. The van der Waals surface area contributed by atoms with Crippen LogP contribution in [0.2, 0.25) is 0 Å². The molecule has 0 fully saturated rings. The van der Waals surface area contributed by atoms with Gasteiger partial charge in [0, 0.05) is 0 Å². The number of hydrogen-bond acceptors (Lipinski definition) is 5. The number of halogens is 3. The highest BCUT2D eigenvalue weighted by atomic mass is 19.4. The summed E-state index contributed by atoms with van der Waals surface area (Å²) in [4.78, 5) is 26.1. The van der Waals surface area contributed by atoms with Gasteiger partial charge in [-0.1, -0.05) is 6.92 Å². The fourth-order valence-corrected chi connectivity index (χ4v) is 1.27. The number of alkyl halides is 3. The summed E-state index contributed by atoms with van der Waals surface area (Å²) in [5.41, 5.74) is 6.32. The summed E-state index contributed by atoms with van der Waals surface area (Å²) in [6.45, 7) is -0.0178. The standard InChI is InChI=1S/C11H12F3N3O3/c1-2-6-3-7(4-16-8(6)15)17-9(18)10(19)20-5-11(12,13)14/h3-4H,2,5H2,1H3,(H2,15,16)(H,17,18). The molecule has 1 amide bonds. The second-order valence-electron chi connectivity index (χ2n) is 3.77. The van der Waals surface area contributed by atoms with E-state index in [1.807, 2.05) is 0 Å². The number of nitrogen functional groups attached to an aromatic ring is 1. The first-order valence-electron chi connectivity index (χ1n) is 5.52. The number of aryl methyl sites for hydroxylation is 1. The molecule has 9 heteroatoms. The zero-order valence-electron chi connectivity index (χ0n) is 10.5. The van der Waals surface area contributed by atoms with Crippen LogP contribution in [0.1, 0.15) is 12.5 Å². The molecule has 1 aromatic heterocycles. The van der Waals surface area contributed by atoms with E-state index in [1.165, 1.54) is 12.3 Å². The fourth-order valence-electron chi connectivity index (χ4n) is 1.27. The maximum atomic E-state index is 11.8. The van der Waals surface area contributed by atoms with Crippen molar-refractivity contribution in [1.82, 2.24) is 4.98 Å². The van der Waals surface area contributed by atoms with Crippen molar-refractivity contribution in [1.29, 1.82) is 0 Å². The lowest BCUT2D eigenvalue weighted by atomic mass is 10.2. The molecule has 0 unspecified atom stereocenters. The Morgan fingerprint density at radius 1 is 1.45 bits per heavy atom. The number of nitrogens with two attached hydrogens (primary N) is 1. The van der Waals surface area contributed by atoms with Crippen molar-refractivity contribution >= 4 is 23.4 Å². The SMILES string of the molecule is CCc1cc(NC(=O)C(=O)OCC(F)(F)F)cnc1N. The molecule has 0 bridgehead atoms. The summed E-state index contributed by atoms with van der Waals surface area (Å²) in [6.07, 6.45) is -2.96. The van der Waals surface area contributed by atoms with Crippen LogP contribution < -0.4 is 11.1 Å². The molecular weight excluding hydrogens is 279 g/mol. The molecule has 0 spiro atoms. The summed E-state index contributed by atoms with van der Waals surface area (Å²) in [5, 5.41) is 2.08. The van der Waals surface area contributed by atoms with Crippen LogP contribution in [0, 0.1) is 0 Å². The number of amides is 1. The van der Waals surface area contributed by atoms with Crippen molar-refractivity contribution in [2.75, 3.05) is 17.7 Å². The lowest BCUT2D eigenvalue weighted by Gasteiger charge is -2.09. The second kappa shape index (κ2) is 6.22. The molecule has 0 aliphatic rings. The van der Waals surface area contributed by atoms with Crippen LogP contribution in [0.15, 0.2) is 12.3 Å². The van der Waals surface area contributed by atoms with Crippen LogP contribution in [-0.4, -0.2) is 29.6 Å². The normalized spacial score (nSPS) is 11.0. The van der Waals surface area contributed by atoms with Gasteiger partial charge in [-0.3, -0.25) is 4.79 Å². The Morgan fingerprint density at radius 2 is 2.10 bits per heavy atom. The highest BCUT2D eigenvalue weighted by Crippen LogP contribution is 2.16. The van der Waals surface area contributed by atoms with E-state index >= 15 is 0 Å². The minimum absolute atomic E-state index is 0.144. The van der Waals surface area contributed by atoms with Gasteiger partial charge in [0.2, 0.25) is 0 Å². The van der Waals surface area contributed by atoms with Gasteiger partial charge in [-0.25, -0.2) is 9.78 Å². The number of carbonyl (C=O) groups excluding carboxylic acids is 2. The molecule has 0 radical (unpaired) electrons. The van der Waals surface area contributed by atoms with Crippen molar-refractivity contribution in [3.8, 4) is 0 Å². The Balaban J connectivity index is 2.64. The maximum Gasteiger partial charge on any atom is 0.422 e. The highest BCUT2D eigenvalue weighted by molar-refractivity contribution is 6.37. The average Bonchev–Trinajstić information content (AvgIpc) is 2.37. The van der Waals surface area contributed by atoms with E-state index in [-0.39, 0.29) is 11.5 Å². The Morgan fingerprint density at radius 3 is 2.65 bits per heavy atom. The average molecular weight is 291 g/mol. The van der Waals surface area contributed by atoms with Gasteiger partial charge < -0.3 is 15.8 Å². The number of ether oxygens (including phenoxy) is 1. The smallest absolute Gasteiger partial charge is 0.422 e. The van der Waals surface area contributed by atoms with Crippen LogP contribution >= 0.6 is 0 Å². The Hall–Kier alpha value is -2.32. The van der Waals surface area contributed by atoms with E-state index in [2.05, 4.69) is 15.0 Å². The number of nitrogens with one attached hydrogen (secondary N) is 1. The zero-order valence-corrected chi connectivity index (χ0v) is 10.5. The van der Waals surface area contributed by atoms with Crippen molar-refractivity contribution in [3.63, 3.8) is 0 Å². The van der Waals surface area contributed by atoms with E-state index < -0.39 is 24.7 Å². The quantitative estimate of drug-likeness (QED) is 0.646. The van der Waals surface area contributed by atoms with Gasteiger partial charge in [0.1, 0.15) is 5.82 Å². The molecule has 0 saturated heterocycles. The lowest BCUT2D eigenvalue weighted by Crippen LogP contribution is -2.29. The Kier molecular flexibility index (Phi) is 4.89. The molecule has 0 saturated carbocycles. The number of carbonyl (C=O) groups is 2. The largest absolute Gasteiger partial charge is 0.449 e. The van der Waals surface area contributed by atoms with E-state index in [9.17, 15) is 22.8 Å². The van der Waals surface area contributed by atoms with Crippen LogP contribution in [0.25, 0.3) is 0 Å². The van der Waals surface area contributed by atoms with Gasteiger partial charge in [-0.15, -0.1) is 0 Å². The van der Waals surface area contributed by atoms with E-state index in [4.69, 9.17) is 5.73 Å². The molecule has 1 heterocycles. The minimum Gasteiger partial charge on any atom is -0.449 e. The topological polar surface area (TPSA) is 94.3 Å². The van der Waals surface area contributed by atoms with Crippen LogP contribution in [0.4, 0.5) is 24.7 Å². The van der Waals surface area contributed by atoms with Crippen molar-refractivity contribution in [3.05, 3.63) is 17.8 Å². The summed E-state index contributed by atoms with van der Waals surface area (Å²) in [7, 11) is 0. The van der Waals surface area contributed by atoms with Crippen molar-refractivity contribution in [2.45, 2.75) is 19.5 Å². The lowest BCUT2D eigenvalue weighted by molar-refractivity contribution is -0.186. The van der Waals surface area contributed by atoms with Gasteiger partial charge in [0.05, 0.1) is 11.9 Å². The van der Waals surface area contributed by atoms with Gasteiger partial charge in [-0.05, 0) is 18.1 Å². The number of esters is 1. The van der Waals surface area contributed by atoms with Gasteiger partial charge >= 0.3 is 18.1 Å². The molecule has 1 rings (SSSR count). The van der Waals surface area contributed by atoms with Crippen molar-refractivity contribution < 1.29 is 27.5 Å². The third-order valence-corrected chi connectivity index (χ3v) is 2.19. The summed E-state index contributed by atoms with van der Waals surface area (Å²) in [6, 6.07) is 1.47. The third kappa shape index (κ3) is 4.75. The molecule has 110 valence electrons. The first-order chi connectivity index (χ1) is 9.23. The van der Waals surface area contributed by atoms with Crippen LogP contribution in [-0.2, 0) is 20.7 Å². The zero-order chi connectivity index (χ0) is 15.3. The number of hydrogen-bond donors (Lipinski definition) is 2. The van der Waals surface area contributed by atoms with E-state index in [1.54, 1.807) is 6.92 Å². The highest BCUT2D eigenvalue weighted by Gasteiger charge is 2.31. The molecule has 0 aromatic carbocycles. The first-order valence-corrected chi connectivity index (χ1v) is 5.52. The predicted octanol–water partition coefficient (Wildman–Crippen LogP) is 1.27. The molecule has 20 heavy (non-hydrogen) atoms. The van der Waals surface area contributed by atoms with Gasteiger partial charge in [0.15, 0.2) is 6.61 Å². The Labute approximate surface area is 112 Å². The molecule has 3 N–H and O–H groups in total. The number of anilines is 2. The number of rotatable bonds is 3. The van der Waals surface area contributed by atoms with E-state index in [0.717, 1.165) is 0 Å². The van der Waals surface area contributed by atoms with Crippen molar-refractivity contribution in [2.24, 2.45) is 0 Å². The summed E-state index contributed by atoms with van der Waals surface area (Å²) in [5.74, 6) is -2.68. The van der Waals surface area contributed by atoms with Crippen LogP contribution in [0.3, 0.4) is 0 Å². The Bertz CT molecular complexity index is 517. The number of nitrogens with zero attached hydrogens (tertiary/aromatic N) is 1. The van der Waals surface area contributed by atoms with Gasteiger partial charge in [0.25, 0.3) is 0 Å². The predicted molar refractivity (Wildman–Crippen MR) is 63.7 cm³/mol. The maximum absolute atomic E-state index is 11.8. The summed E-state index contributed by atoms with van der Waals surface area (Å²) < 4.78 is 39.2. The fraction of sp³-hybridized carbons (Fsp3) is 0.364. The van der Waals surface area contributed by atoms with Gasteiger partial charge in [-0.2, -0.15) is 13.2 Å². The molecule has 0 atom stereocenters. The van der Waals surface area contributed by atoms with E-state index in [0.29, 0.717) is 12.0 Å². The minimum atomic E-state index is -4.69. The number of aromatic nitrogens is 1. The molecule has 0 aliphatic carbocycles. The molecule has 0 aliphatic heterocycles. The molecule has 1 aromatic rings. The second-order valence-corrected chi connectivity index (χ2v) is 3.77. The monoisotopic (exact) mass is 291 g/mol. The molecular formula is C11H12F3N3O3. The third-order valence-electron chi connectivity index (χ3n) is 2.19. The van der Waals surface area contributed by atoms with Crippen LogP contribution in [0.5, 0.6) is 0 Å².